The van der Waals surface area contributed by atoms with E-state index in [2.05, 4.69) is 231 Å². The minimum Gasteiger partial charge on any atom is -0.459 e. The third-order valence-corrected chi connectivity index (χ3v) is 22.6. The molecule has 6 aliphatic rings. The normalized spacial score (nSPS) is 14.0. The van der Waals surface area contributed by atoms with E-state index in [1.165, 1.54) is 71.9 Å². The first-order valence-corrected chi connectivity index (χ1v) is 31.7. The highest BCUT2D eigenvalue weighted by Crippen LogP contribution is 2.56. The smallest absolute Gasteiger partial charge is 0.256 e. The fourth-order valence-corrected chi connectivity index (χ4v) is 19.1. The Kier molecular flexibility index (Phi) is 11.4. The van der Waals surface area contributed by atoms with Crippen LogP contribution in [0.15, 0.2) is 294 Å². The summed E-state index contributed by atoms with van der Waals surface area (Å²) < 4.78 is 28.9. The van der Waals surface area contributed by atoms with E-state index >= 15 is 0 Å². The molecule has 0 fully saturated rings. The summed E-state index contributed by atoms with van der Waals surface area (Å²) >= 11 is 7.81. The lowest BCUT2D eigenvalue weighted by atomic mass is 9.32. The van der Waals surface area contributed by atoms with Gasteiger partial charge in [-0.2, -0.15) is 0 Å². The molecule has 0 unspecified atom stereocenters. The van der Waals surface area contributed by atoms with Crippen LogP contribution in [0.5, 0.6) is 46.0 Å². The first kappa shape index (κ1) is 49.0. The lowest BCUT2D eigenvalue weighted by Crippen LogP contribution is -2.62. The van der Waals surface area contributed by atoms with Gasteiger partial charge in [-0.15, -0.1) is 0 Å². The SMILES string of the molecule is c1ccc(B2c3ccccc3Oc3c2c2c(c4c3B(c3ccccc3)c3ccccc3O4)Oc3ccc(-c4ccc(B5c6ccccc6Sc6c7c(c8c(c65)Sc5ccccc5B8c5ccccc5)Sc5ccccc5S7)cc4)cc3O2)cc1. The Balaban J connectivity index is 0.781. The molecule has 12 aromatic carbocycles. The summed E-state index contributed by atoms with van der Waals surface area (Å²) in [6.07, 6.45) is 0. The number of fused-ring (bicyclic) bond motifs is 18. The average Bonchev–Trinajstić information content (AvgIpc) is 1.00. The quantitative estimate of drug-likeness (QED) is 0.158. The summed E-state index contributed by atoms with van der Waals surface area (Å²) in [7, 11) is 0. The summed E-state index contributed by atoms with van der Waals surface area (Å²) in [5.41, 5.74) is 16.4. The molecule has 0 saturated carbocycles. The van der Waals surface area contributed by atoms with E-state index in [0.29, 0.717) is 28.7 Å². The maximum Gasteiger partial charge on any atom is 0.256 e. The lowest BCUT2D eigenvalue weighted by Gasteiger charge is -2.38. The van der Waals surface area contributed by atoms with Crippen molar-refractivity contribution in [2.75, 3.05) is 0 Å². The Morgan fingerprint density at radius 1 is 0.226 bits per heavy atom. The molecule has 0 amide bonds. The lowest BCUT2D eigenvalue weighted by molar-refractivity contribution is 0.341. The van der Waals surface area contributed by atoms with Crippen molar-refractivity contribution in [3.63, 3.8) is 0 Å². The maximum atomic E-state index is 7.39. The van der Waals surface area contributed by atoms with Crippen molar-refractivity contribution >= 4 is 139 Å². The highest BCUT2D eigenvalue weighted by atomic mass is 32.2. The van der Waals surface area contributed by atoms with Crippen molar-refractivity contribution in [1.82, 2.24) is 0 Å². The highest BCUT2D eigenvalue weighted by molar-refractivity contribution is 8.06. The fourth-order valence-electron chi connectivity index (χ4n) is 13.7. The van der Waals surface area contributed by atoms with Crippen LogP contribution in [0.3, 0.4) is 0 Å². The average molecular weight is 1140 g/mol. The number of hydrogen-bond acceptors (Lipinski definition) is 8. The van der Waals surface area contributed by atoms with Gasteiger partial charge in [-0.1, -0.05) is 286 Å². The molecule has 4 nitrogen and oxygen atoms in total. The Morgan fingerprint density at radius 2 is 0.595 bits per heavy atom. The van der Waals surface area contributed by atoms with Gasteiger partial charge in [0.2, 0.25) is 19.2 Å². The van der Waals surface area contributed by atoms with Crippen molar-refractivity contribution in [2.45, 2.75) is 39.2 Å². The zero-order valence-electron chi connectivity index (χ0n) is 44.8. The molecular formula is C72H42B4O4S4. The van der Waals surface area contributed by atoms with Gasteiger partial charge in [-0.25, -0.2) is 0 Å². The van der Waals surface area contributed by atoms with Gasteiger partial charge in [-0.05, 0) is 81.5 Å². The van der Waals surface area contributed by atoms with Gasteiger partial charge >= 0.3 is 0 Å². The molecule has 0 radical (unpaired) electrons. The molecule has 6 heterocycles. The molecule has 18 rings (SSSR count). The molecule has 390 valence electrons. The molecule has 84 heavy (non-hydrogen) atoms. The first-order valence-electron chi connectivity index (χ1n) is 28.4. The second-order valence-electron chi connectivity index (χ2n) is 21.9. The van der Waals surface area contributed by atoms with Gasteiger partial charge in [0.05, 0.1) is 0 Å². The maximum absolute atomic E-state index is 7.39. The molecule has 0 aliphatic carbocycles. The molecule has 0 atom stereocenters. The highest BCUT2D eigenvalue weighted by Gasteiger charge is 2.48. The Hall–Kier alpha value is -8.50. The van der Waals surface area contributed by atoms with Crippen molar-refractivity contribution in [3.8, 4) is 57.1 Å². The Bertz CT molecular complexity index is 4720. The van der Waals surface area contributed by atoms with E-state index in [-0.39, 0.29) is 26.9 Å². The standard InChI is InChI=1S/C72H42B4O4S4/c1-4-20-45(21-5-1)73-49-26-10-14-30-53(49)77-65-61-66(78-54-31-15-11-27-50(54)74(61)46-22-6-2-7-23-46)68-67(62(65)73)80-56-42-44(38-41-55(56)79-68)43-36-39-48(40-37-43)76-52-29-13-17-33-58(52)82-70-63(76)69-64(71-72(70)84-60-35-19-18-34-59(60)83-71)75(47-24-8-3-9-25-47)51-28-12-16-32-57(51)81-69/h1-42H. The molecule has 0 aromatic heterocycles. The minimum atomic E-state index is -0.241. The van der Waals surface area contributed by atoms with E-state index < -0.39 is 0 Å². The molecule has 12 heteroatoms. The second-order valence-corrected chi connectivity index (χ2v) is 26.2. The molecule has 6 aliphatic heterocycles. The van der Waals surface area contributed by atoms with Crippen molar-refractivity contribution in [2.24, 2.45) is 0 Å². The number of para-hydroxylation sites is 2. The largest absolute Gasteiger partial charge is 0.459 e. The summed E-state index contributed by atoms with van der Waals surface area (Å²) in [6.45, 7) is -0.404. The summed E-state index contributed by atoms with van der Waals surface area (Å²) in [6, 6.07) is 92.0. The van der Waals surface area contributed by atoms with E-state index in [9.17, 15) is 0 Å². The van der Waals surface area contributed by atoms with Crippen LogP contribution in [0.4, 0.5) is 0 Å². The zero-order valence-corrected chi connectivity index (χ0v) is 48.1. The predicted octanol–water partition coefficient (Wildman–Crippen LogP) is 11.1. The number of rotatable bonds is 5. The third kappa shape index (κ3) is 7.60. The molecule has 0 bridgehead atoms. The monoisotopic (exact) mass is 1140 g/mol. The van der Waals surface area contributed by atoms with Gasteiger partial charge in [0.15, 0.2) is 23.0 Å². The molecule has 0 spiro atoms. The first-order chi connectivity index (χ1) is 41.7. The zero-order chi connectivity index (χ0) is 55.0. The summed E-state index contributed by atoms with van der Waals surface area (Å²) in [5.74, 6) is 5.27. The Morgan fingerprint density at radius 3 is 1.13 bits per heavy atom. The van der Waals surface area contributed by atoms with Crippen LogP contribution >= 0.6 is 47.0 Å². The fraction of sp³-hybridized carbons (Fsp3) is 0. The van der Waals surface area contributed by atoms with Crippen LogP contribution in [0.25, 0.3) is 11.1 Å². The number of benzene rings is 12. The molecule has 0 saturated heterocycles. The van der Waals surface area contributed by atoms with Crippen LogP contribution in [0.1, 0.15) is 0 Å². The second kappa shape index (κ2) is 19.5. The Labute approximate surface area is 505 Å². The van der Waals surface area contributed by atoms with Crippen LogP contribution < -0.4 is 84.5 Å². The molecule has 12 aromatic rings. The van der Waals surface area contributed by atoms with Crippen LogP contribution in [0.2, 0.25) is 0 Å². The van der Waals surface area contributed by atoms with Crippen LogP contribution in [0, 0.1) is 0 Å². The molecule has 0 N–H and O–H groups in total. The van der Waals surface area contributed by atoms with E-state index in [1.54, 1.807) is 0 Å². The topological polar surface area (TPSA) is 36.9 Å². The van der Waals surface area contributed by atoms with Crippen molar-refractivity contribution in [3.05, 3.63) is 255 Å². The van der Waals surface area contributed by atoms with Crippen LogP contribution in [-0.2, 0) is 0 Å². The van der Waals surface area contributed by atoms with Crippen molar-refractivity contribution < 1.29 is 18.9 Å². The third-order valence-electron chi connectivity index (χ3n) is 17.3. The number of ether oxygens (including phenoxy) is 4. The van der Waals surface area contributed by atoms with Gasteiger partial charge in [0, 0.05) is 50.1 Å². The number of hydrogen-bond donors (Lipinski definition) is 0. The summed E-state index contributed by atoms with van der Waals surface area (Å²) in [4.78, 5) is 10.7. The van der Waals surface area contributed by atoms with Gasteiger partial charge in [-0.3, -0.25) is 0 Å². The van der Waals surface area contributed by atoms with E-state index in [1.807, 2.05) is 71.3 Å². The van der Waals surface area contributed by atoms with Gasteiger partial charge in [0.25, 0.3) is 13.4 Å². The van der Waals surface area contributed by atoms with E-state index in [4.69, 9.17) is 18.9 Å². The van der Waals surface area contributed by atoms with Crippen molar-refractivity contribution in [1.29, 1.82) is 0 Å². The van der Waals surface area contributed by atoms with Gasteiger partial charge in [0.1, 0.15) is 17.2 Å². The molecular weight excluding hydrogens is 1100 g/mol. The van der Waals surface area contributed by atoms with Gasteiger partial charge < -0.3 is 18.9 Å². The van der Waals surface area contributed by atoms with Crippen LogP contribution in [-0.4, -0.2) is 26.9 Å². The minimum absolute atomic E-state index is 0.0167. The predicted molar refractivity (Wildman–Crippen MR) is 352 cm³/mol. The summed E-state index contributed by atoms with van der Waals surface area (Å²) in [5, 5.41) is 0. The van der Waals surface area contributed by atoms with E-state index in [0.717, 1.165) is 61.2 Å².